The normalized spacial score (nSPS) is 11.1. The summed E-state index contributed by atoms with van der Waals surface area (Å²) in [5.41, 5.74) is 0.712. The minimum absolute atomic E-state index is 0.0151. The second-order valence-electron chi connectivity index (χ2n) is 4.23. The number of nitrogens with zero attached hydrogens (tertiary/aromatic N) is 3. The van der Waals surface area contributed by atoms with Crippen molar-refractivity contribution in [3.63, 3.8) is 0 Å². The first-order chi connectivity index (χ1) is 9.80. The average molecular weight is 306 g/mol. The highest BCUT2D eigenvalue weighted by atomic mass is 32.1. The lowest BCUT2D eigenvalue weighted by Crippen LogP contribution is -2.04. The molecule has 3 rings (SSSR count). The number of thiophene rings is 1. The highest BCUT2D eigenvalue weighted by molar-refractivity contribution is 7.16. The summed E-state index contributed by atoms with van der Waals surface area (Å²) in [6.45, 7) is 2.64. The topological polar surface area (TPSA) is 70.9 Å². The van der Waals surface area contributed by atoms with Gasteiger partial charge in [-0.25, -0.2) is 15.0 Å². The van der Waals surface area contributed by atoms with E-state index in [-0.39, 0.29) is 6.61 Å². The monoisotopic (exact) mass is 306 g/mol. The third-order valence-electron chi connectivity index (χ3n) is 2.86. The number of rotatable bonds is 5. The Balaban J connectivity index is 1.84. The van der Waals surface area contributed by atoms with Crippen molar-refractivity contribution in [2.75, 3.05) is 5.32 Å². The number of anilines is 1. The van der Waals surface area contributed by atoms with Crippen molar-refractivity contribution in [3.8, 4) is 0 Å². The Bertz CT molecular complexity index is 722. The molecule has 0 radical (unpaired) electrons. The van der Waals surface area contributed by atoms with Gasteiger partial charge in [0.2, 0.25) is 0 Å². The van der Waals surface area contributed by atoms with Crippen molar-refractivity contribution in [1.82, 2.24) is 15.0 Å². The standard InChI is InChI=1S/C13H14N4OS2/c1-2-10-16-12(9-3-4-19-13(9)17-10)14-5-11-15-8(6-18)7-20-11/h3-4,7,18H,2,5-6H2,1H3,(H,14,16,17). The van der Waals surface area contributed by atoms with Gasteiger partial charge < -0.3 is 10.4 Å². The summed E-state index contributed by atoms with van der Waals surface area (Å²) >= 11 is 3.16. The summed E-state index contributed by atoms with van der Waals surface area (Å²) in [4.78, 5) is 14.4. The van der Waals surface area contributed by atoms with E-state index < -0.39 is 0 Å². The first-order valence-corrected chi connectivity index (χ1v) is 8.08. The number of aliphatic hydroxyl groups excluding tert-OH is 1. The Morgan fingerprint density at radius 2 is 2.15 bits per heavy atom. The molecule has 0 spiro atoms. The highest BCUT2D eigenvalue weighted by Gasteiger charge is 2.09. The van der Waals surface area contributed by atoms with Crippen LogP contribution in [0.2, 0.25) is 0 Å². The molecule has 0 saturated carbocycles. The fraction of sp³-hybridized carbons (Fsp3) is 0.308. The molecule has 3 heterocycles. The van der Waals surface area contributed by atoms with Gasteiger partial charge in [-0.15, -0.1) is 22.7 Å². The molecular formula is C13H14N4OS2. The molecule has 0 aliphatic rings. The largest absolute Gasteiger partial charge is 0.390 e. The number of aromatic nitrogens is 3. The fourth-order valence-corrected chi connectivity index (χ4v) is 3.36. The van der Waals surface area contributed by atoms with E-state index in [1.165, 1.54) is 11.3 Å². The van der Waals surface area contributed by atoms with Gasteiger partial charge in [0.25, 0.3) is 0 Å². The van der Waals surface area contributed by atoms with Gasteiger partial charge in [0.05, 0.1) is 24.2 Å². The number of thiazole rings is 1. The summed E-state index contributed by atoms with van der Waals surface area (Å²) in [5.74, 6) is 1.70. The van der Waals surface area contributed by atoms with Crippen molar-refractivity contribution >= 4 is 38.7 Å². The molecule has 20 heavy (non-hydrogen) atoms. The van der Waals surface area contributed by atoms with Gasteiger partial charge in [-0.05, 0) is 11.4 Å². The number of hydrogen-bond acceptors (Lipinski definition) is 7. The third kappa shape index (κ3) is 2.65. The van der Waals surface area contributed by atoms with Crippen LogP contribution < -0.4 is 5.32 Å². The smallest absolute Gasteiger partial charge is 0.138 e. The second-order valence-corrected chi connectivity index (χ2v) is 6.06. The molecule has 3 aromatic heterocycles. The molecule has 0 saturated heterocycles. The number of aryl methyl sites for hydroxylation is 1. The van der Waals surface area contributed by atoms with Gasteiger partial charge >= 0.3 is 0 Å². The van der Waals surface area contributed by atoms with Crippen LogP contribution in [0.15, 0.2) is 16.8 Å². The molecule has 7 heteroatoms. The van der Waals surface area contributed by atoms with E-state index in [0.29, 0.717) is 12.2 Å². The van der Waals surface area contributed by atoms with Crippen LogP contribution in [0.25, 0.3) is 10.2 Å². The molecule has 0 bridgehead atoms. The molecule has 0 atom stereocenters. The van der Waals surface area contributed by atoms with E-state index in [2.05, 4.69) is 20.3 Å². The van der Waals surface area contributed by atoms with Crippen molar-refractivity contribution in [1.29, 1.82) is 0 Å². The quantitative estimate of drug-likeness (QED) is 0.758. The van der Waals surface area contributed by atoms with Crippen molar-refractivity contribution in [2.24, 2.45) is 0 Å². The Hall–Kier alpha value is -1.57. The Kier molecular flexibility index (Phi) is 3.90. The summed E-state index contributed by atoms with van der Waals surface area (Å²) in [7, 11) is 0. The molecule has 0 unspecified atom stereocenters. The lowest BCUT2D eigenvalue weighted by molar-refractivity contribution is 0.277. The molecule has 0 amide bonds. The van der Waals surface area contributed by atoms with Gasteiger partial charge in [-0.1, -0.05) is 6.92 Å². The van der Waals surface area contributed by atoms with Crippen molar-refractivity contribution in [3.05, 3.63) is 33.4 Å². The lowest BCUT2D eigenvalue weighted by atomic mass is 10.3. The minimum Gasteiger partial charge on any atom is -0.390 e. The molecule has 3 aromatic rings. The highest BCUT2D eigenvalue weighted by Crippen LogP contribution is 2.25. The van der Waals surface area contributed by atoms with Crippen LogP contribution in [0.5, 0.6) is 0 Å². The zero-order valence-electron chi connectivity index (χ0n) is 11.0. The molecule has 5 nitrogen and oxygen atoms in total. The second kappa shape index (κ2) is 5.82. The molecule has 0 aliphatic heterocycles. The van der Waals surface area contributed by atoms with Crippen molar-refractivity contribution in [2.45, 2.75) is 26.5 Å². The average Bonchev–Trinajstić information content (AvgIpc) is 3.12. The summed E-state index contributed by atoms with van der Waals surface area (Å²) < 4.78 is 0. The fourth-order valence-electron chi connectivity index (χ4n) is 1.85. The zero-order chi connectivity index (χ0) is 13.9. The Labute approximate surface area is 124 Å². The summed E-state index contributed by atoms with van der Waals surface area (Å²) in [6.07, 6.45) is 0.814. The van der Waals surface area contributed by atoms with E-state index in [0.717, 1.165) is 33.3 Å². The predicted molar refractivity (Wildman–Crippen MR) is 82.2 cm³/mol. The Morgan fingerprint density at radius 1 is 1.25 bits per heavy atom. The van der Waals surface area contributed by atoms with Crippen molar-refractivity contribution < 1.29 is 5.11 Å². The number of aliphatic hydroxyl groups is 1. The number of hydrogen-bond donors (Lipinski definition) is 2. The lowest BCUT2D eigenvalue weighted by Gasteiger charge is -2.06. The van der Waals surface area contributed by atoms with Gasteiger partial charge in [0, 0.05) is 11.8 Å². The zero-order valence-corrected chi connectivity index (χ0v) is 12.6. The maximum absolute atomic E-state index is 9.02. The van der Waals surface area contributed by atoms with E-state index in [1.807, 2.05) is 23.8 Å². The van der Waals surface area contributed by atoms with Crippen LogP contribution in [0.1, 0.15) is 23.4 Å². The summed E-state index contributed by atoms with van der Waals surface area (Å²) in [6, 6.07) is 2.03. The third-order valence-corrected chi connectivity index (χ3v) is 4.56. The minimum atomic E-state index is -0.0151. The van der Waals surface area contributed by atoms with E-state index in [1.54, 1.807) is 11.3 Å². The maximum atomic E-state index is 9.02. The van der Waals surface area contributed by atoms with Crippen LogP contribution in [-0.2, 0) is 19.6 Å². The van der Waals surface area contributed by atoms with Gasteiger partial charge in [-0.3, -0.25) is 0 Å². The van der Waals surface area contributed by atoms with E-state index in [4.69, 9.17) is 5.11 Å². The van der Waals surface area contributed by atoms with Crippen LogP contribution in [0.3, 0.4) is 0 Å². The van der Waals surface area contributed by atoms with Crippen LogP contribution in [0.4, 0.5) is 5.82 Å². The molecule has 2 N–H and O–H groups in total. The number of fused-ring (bicyclic) bond motifs is 1. The molecular weight excluding hydrogens is 292 g/mol. The SMILES string of the molecule is CCc1nc(NCc2nc(CO)cs2)c2ccsc2n1. The molecule has 0 aliphatic carbocycles. The Morgan fingerprint density at radius 3 is 2.90 bits per heavy atom. The van der Waals surface area contributed by atoms with Gasteiger partial charge in [0.1, 0.15) is 21.5 Å². The number of nitrogens with one attached hydrogen (secondary N) is 1. The molecule has 0 aromatic carbocycles. The van der Waals surface area contributed by atoms with E-state index in [9.17, 15) is 0 Å². The van der Waals surface area contributed by atoms with Gasteiger partial charge in [0.15, 0.2) is 0 Å². The maximum Gasteiger partial charge on any atom is 0.138 e. The summed E-state index contributed by atoms with van der Waals surface area (Å²) in [5, 5.41) is 18.2. The first kappa shape index (κ1) is 13.4. The van der Waals surface area contributed by atoms with Gasteiger partial charge in [-0.2, -0.15) is 0 Å². The molecule has 104 valence electrons. The van der Waals surface area contributed by atoms with Crippen LogP contribution in [0, 0.1) is 0 Å². The van der Waals surface area contributed by atoms with Crippen LogP contribution >= 0.6 is 22.7 Å². The first-order valence-electron chi connectivity index (χ1n) is 6.32. The predicted octanol–water partition coefficient (Wildman–Crippen LogP) is 2.81. The van der Waals surface area contributed by atoms with Crippen LogP contribution in [-0.4, -0.2) is 20.1 Å². The molecule has 0 fully saturated rings. The van der Waals surface area contributed by atoms with E-state index >= 15 is 0 Å².